The minimum Gasteiger partial charge on any atom is -0.351 e. The second-order valence-electron chi connectivity index (χ2n) is 5.60. The summed E-state index contributed by atoms with van der Waals surface area (Å²) >= 11 is 7.47. The number of carbonyl (C=O) groups excluding carboxylic acids is 1. The topological polar surface area (TPSA) is 41.1 Å². The molecule has 3 rings (SSSR count). The van der Waals surface area contributed by atoms with Crippen LogP contribution in [0.1, 0.15) is 22.3 Å². The normalized spacial score (nSPS) is 12.4. The van der Waals surface area contributed by atoms with Crippen LogP contribution in [0.15, 0.2) is 42.5 Å². The van der Waals surface area contributed by atoms with Crippen LogP contribution >= 0.6 is 35.8 Å². The first-order valence-corrected chi connectivity index (χ1v) is 9.14. The number of nitrogens with one attached hydrogen (secondary N) is 2. The van der Waals surface area contributed by atoms with E-state index in [1.807, 2.05) is 24.3 Å². The number of hydrogen-bond acceptors (Lipinski definition) is 3. The highest BCUT2D eigenvalue weighted by Crippen LogP contribution is 2.17. The number of halogens is 2. The van der Waals surface area contributed by atoms with Crippen LogP contribution in [0.4, 0.5) is 0 Å². The second kappa shape index (κ2) is 9.33. The van der Waals surface area contributed by atoms with Crippen molar-refractivity contribution in [1.29, 1.82) is 0 Å². The third kappa shape index (κ3) is 5.42. The minimum atomic E-state index is 0. The first-order chi connectivity index (χ1) is 11.2. The van der Waals surface area contributed by atoms with Crippen LogP contribution in [0, 0.1) is 0 Å². The third-order valence-corrected chi connectivity index (χ3v) is 5.06. The van der Waals surface area contributed by atoms with Gasteiger partial charge in [0.25, 0.3) is 0 Å². The van der Waals surface area contributed by atoms with Crippen molar-refractivity contribution in [3.63, 3.8) is 0 Å². The van der Waals surface area contributed by atoms with Gasteiger partial charge >= 0.3 is 0 Å². The Balaban J connectivity index is 0.00000208. The summed E-state index contributed by atoms with van der Waals surface area (Å²) in [7, 11) is 0. The van der Waals surface area contributed by atoms with Gasteiger partial charge in [0.05, 0.1) is 5.75 Å². The molecule has 0 unspecified atom stereocenters. The van der Waals surface area contributed by atoms with Crippen molar-refractivity contribution in [2.45, 2.75) is 25.4 Å². The highest BCUT2D eigenvalue weighted by molar-refractivity contribution is 7.99. The molecule has 0 saturated heterocycles. The fourth-order valence-electron chi connectivity index (χ4n) is 2.55. The Hall–Kier alpha value is -1.20. The van der Waals surface area contributed by atoms with Gasteiger partial charge in [0.1, 0.15) is 0 Å². The van der Waals surface area contributed by atoms with Gasteiger partial charge in [-0.1, -0.05) is 41.9 Å². The summed E-state index contributed by atoms with van der Waals surface area (Å²) in [6.07, 6.45) is 0. The molecule has 24 heavy (non-hydrogen) atoms. The van der Waals surface area contributed by atoms with Crippen LogP contribution in [0.2, 0.25) is 5.02 Å². The number of benzene rings is 2. The van der Waals surface area contributed by atoms with E-state index in [-0.39, 0.29) is 18.3 Å². The summed E-state index contributed by atoms with van der Waals surface area (Å²) < 4.78 is 0. The van der Waals surface area contributed by atoms with Crippen LogP contribution in [-0.2, 0) is 30.2 Å². The van der Waals surface area contributed by atoms with Crippen molar-refractivity contribution in [1.82, 2.24) is 10.6 Å². The van der Waals surface area contributed by atoms with Crippen molar-refractivity contribution in [3.8, 4) is 0 Å². The molecule has 0 aliphatic carbocycles. The molecule has 1 aliphatic heterocycles. The van der Waals surface area contributed by atoms with E-state index in [0.717, 1.165) is 29.4 Å². The van der Waals surface area contributed by atoms with E-state index in [2.05, 4.69) is 28.8 Å². The molecular formula is C18H20Cl2N2OS. The Kier molecular flexibility index (Phi) is 7.43. The van der Waals surface area contributed by atoms with Gasteiger partial charge in [0, 0.05) is 30.4 Å². The molecule has 1 aliphatic rings. The lowest BCUT2D eigenvalue weighted by atomic mass is 10.1. The molecular weight excluding hydrogens is 363 g/mol. The lowest BCUT2D eigenvalue weighted by Crippen LogP contribution is -2.24. The van der Waals surface area contributed by atoms with Gasteiger partial charge in [0.2, 0.25) is 5.91 Å². The lowest BCUT2D eigenvalue weighted by molar-refractivity contribution is -0.118. The van der Waals surface area contributed by atoms with Crippen molar-refractivity contribution in [2.75, 3.05) is 5.75 Å². The molecule has 1 heterocycles. The van der Waals surface area contributed by atoms with Gasteiger partial charge in [0.15, 0.2) is 0 Å². The molecule has 0 atom stereocenters. The monoisotopic (exact) mass is 382 g/mol. The zero-order chi connectivity index (χ0) is 16.1. The summed E-state index contributed by atoms with van der Waals surface area (Å²) in [5.41, 5.74) is 5.04. The summed E-state index contributed by atoms with van der Waals surface area (Å²) in [6, 6.07) is 14.1. The first kappa shape index (κ1) is 19.1. The van der Waals surface area contributed by atoms with E-state index in [9.17, 15) is 4.79 Å². The maximum atomic E-state index is 11.9. The van der Waals surface area contributed by atoms with Gasteiger partial charge in [-0.15, -0.1) is 24.2 Å². The molecule has 0 aromatic heterocycles. The molecule has 2 N–H and O–H groups in total. The summed E-state index contributed by atoms with van der Waals surface area (Å²) in [5.74, 6) is 1.35. The maximum absolute atomic E-state index is 11.9. The molecule has 0 fully saturated rings. The van der Waals surface area contributed by atoms with Crippen LogP contribution in [0.3, 0.4) is 0 Å². The van der Waals surface area contributed by atoms with Crippen LogP contribution in [-0.4, -0.2) is 11.7 Å². The Morgan fingerprint density at radius 2 is 1.79 bits per heavy atom. The van der Waals surface area contributed by atoms with Crippen LogP contribution in [0.5, 0.6) is 0 Å². The number of hydrogen-bond donors (Lipinski definition) is 2. The predicted octanol–water partition coefficient (Wildman–Crippen LogP) is 3.91. The van der Waals surface area contributed by atoms with Crippen LogP contribution in [0.25, 0.3) is 0 Å². The Morgan fingerprint density at radius 1 is 1.08 bits per heavy atom. The van der Waals surface area contributed by atoms with Crippen LogP contribution < -0.4 is 10.6 Å². The van der Waals surface area contributed by atoms with E-state index in [1.54, 1.807) is 11.8 Å². The highest BCUT2D eigenvalue weighted by atomic mass is 35.5. The van der Waals surface area contributed by atoms with Gasteiger partial charge in [-0.25, -0.2) is 0 Å². The largest absolute Gasteiger partial charge is 0.351 e. The molecule has 6 heteroatoms. The van der Waals surface area contributed by atoms with Gasteiger partial charge in [-0.05, 0) is 34.4 Å². The van der Waals surface area contributed by atoms with Gasteiger partial charge < -0.3 is 10.6 Å². The zero-order valence-electron chi connectivity index (χ0n) is 13.2. The molecule has 2 aromatic carbocycles. The van der Waals surface area contributed by atoms with E-state index in [1.165, 1.54) is 16.7 Å². The first-order valence-electron chi connectivity index (χ1n) is 7.61. The molecule has 0 bridgehead atoms. The average Bonchev–Trinajstić information content (AvgIpc) is 3.02. The zero-order valence-corrected chi connectivity index (χ0v) is 15.6. The predicted molar refractivity (Wildman–Crippen MR) is 104 cm³/mol. The van der Waals surface area contributed by atoms with E-state index >= 15 is 0 Å². The quantitative estimate of drug-likeness (QED) is 0.795. The van der Waals surface area contributed by atoms with Gasteiger partial charge in [-0.3, -0.25) is 4.79 Å². The number of amides is 1. The standard InChI is InChI=1S/C18H19ClN2OS.ClH/c19-17-5-2-13(3-6-17)11-23-12-18(22)21-8-14-1-4-15-9-20-10-16(15)7-14;/h1-7,20H,8-12H2,(H,21,22);1H. The summed E-state index contributed by atoms with van der Waals surface area (Å²) in [4.78, 5) is 11.9. The Labute approximate surface area is 158 Å². The molecule has 2 aromatic rings. The fraction of sp³-hybridized carbons (Fsp3) is 0.278. The molecule has 0 radical (unpaired) electrons. The average molecular weight is 383 g/mol. The third-order valence-electron chi connectivity index (χ3n) is 3.81. The SMILES string of the molecule is Cl.O=C(CSCc1ccc(Cl)cc1)NCc1ccc2c(c1)CNC2. The van der Waals surface area contributed by atoms with E-state index in [4.69, 9.17) is 11.6 Å². The Bertz CT molecular complexity index is 692. The number of thioether (sulfide) groups is 1. The van der Waals surface area contributed by atoms with E-state index < -0.39 is 0 Å². The summed E-state index contributed by atoms with van der Waals surface area (Å²) in [5, 5.41) is 7.05. The molecule has 0 saturated carbocycles. The molecule has 0 spiro atoms. The van der Waals surface area contributed by atoms with Crippen molar-refractivity contribution >= 4 is 41.7 Å². The second-order valence-corrected chi connectivity index (χ2v) is 7.02. The number of rotatable bonds is 6. The molecule has 3 nitrogen and oxygen atoms in total. The molecule has 128 valence electrons. The van der Waals surface area contributed by atoms with Crippen molar-refractivity contribution in [2.24, 2.45) is 0 Å². The maximum Gasteiger partial charge on any atom is 0.230 e. The highest BCUT2D eigenvalue weighted by Gasteiger charge is 2.10. The molecule has 1 amide bonds. The van der Waals surface area contributed by atoms with Crippen molar-refractivity contribution < 1.29 is 4.79 Å². The fourth-order valence-corrected chi connectivity index (χ4v) is 3.50. The lowest BCUT2D eigenvalue weighted by Gasteiger charge is -2.07. The minimum absolute atomic E-state index is 0. The van der Waals surface area contributed by atoms with E-state index in [0.29, 0.717) is 12.3 Å². The Morgan fingerprint density at radius 3 is 2.58 bits per heavy atom. The van der Waals surface area contributed by atoms with Crippen molar-refractivity contribution in [3.05, 3.63) is 69.7 Å². The summed E-state index contributed by atoms with van der Waals surface area (Å²) in [6.45, 7) is 2.46. The number of carbonyl (C=O) groups is 1. The van der Waals surface area contributed by atoms with Gasteiger partial charge in [-0.2, -0.15) is 0 Å². The number of fused-ring (bicyclic) bond motifs is 1. The smallest absolute Gasteiger partial charge is 0.230 e.